The number of thiol groups is 1. The van der Waals surface area contributed by atoms with E-state index in [1.807, 2.05) is 25.2 Å². The Hall–Kier alpha value is -2.91. The van der Waals surface area contributed by atoms with Crippen molar-refractivity contribution in [3.05, 3.63) is 47.5 Å². The summed E-state index contributed by atoms with van der Waals surface area (Å²) in [5.41, 5.74) is 1.36. The van der Waals surface area contributed by atoms with Gasteiger partial charge in [-0.2, -0.15) is 0 Å². The van der Waals surface area contributed by atoms with E-state index in [1.54, 1.807) is 0 Å². The van der Waals surface area contributed by atoms with E-state index in [9.17, 15) is 9.59 Å². The number of aromatic carboxylic acids is 2. The van der Waals surface area contributed by atoms with Crippen LogP contribution in [0, 0.1) is 0 Å². The summed E-state index contributed by atoms with van der Waals surface area (Å²) in [7, 11) is 1.85. The lowest BCUT2D eigenvalue weighted by Gasteiger charge is -2.11. The van der Waals surface area contributed by atoms with Gasteiger partial charge in [0.2, 0.25) is 0 Å². The second-order valence-corrected chi connectivity index (χ2v) is 6.52. The van der Waals surface area contributed by atoms with Gasteiger partial charge in [0, 0.05) is 36.5 Å². The highest BCUT2D eigenvalue weighted by atomic mass is 32.1. The van der Waals surface area contributed by atoms with E-state index in [2.05, 4.69) is 23.3 Å². The third kappa shape index (κ3) is 6.88. The zero-order valence-corrected chi connectivity index (χ0v) is 16.9. The zero-order chi connectivity index (χ0) is 21.2. The van der Waals surface area contributed by atoms with Crippen LogP contribution in [-0.4, -0.2) is 55.6 Å². The fourth-order valence-corrected chi connectivity index (χ4v) is 2.88. The molecular weight excluding hydrogens is 396 g/mol. The maximum atomic E-state index is 11.2. The average Bonchev–Trinajstić information content (AvgIpc) is 2.69. The molecule has 0 aromatic heterocycles. The number of carbonyl (C=O) groups is 2. The van der Waals surface area contributed by atoms with E-state index in [4.69, 9.17) is 19.7 Å². The van der Waals surface area contributed by atoms with Gasteiger partial charge in [-0.05, 0) is 42.8 Å². The molecule has 0 aliphatic heterocycles. The lowest BCUT2D eigenvalue weighted by Crippen LogP contribution is -2.12. The smallest absolute Gasteiger partial charge is 0.336 e. The lowest BCUT2D eigenvalue weighted by atomic mass is 10.1. The first kappa shape index (κ1) is 22.4. The second kappa shape index (κ2) is 11.2. The molecule has 0 radical (unpaired) electrons. The number of anilines is 2. The number of nitrogens with one attached hydrogen (secondary N) is 2. The minimum absolute atomic E-state index is 0.230. The molecule has 8 nitrogen and oxygen atoms in total. The molecule has 0 spiro atoms. The summed E-state index contributed by atoms with van der Waals surface area (Å²) >= 11 is 4.41. The predicted octanol–water partition coefficient (Wildman–Crippen LogP) is 3.31. The van der Waals surface area contributed by atoms with Crippen molar-refractivity contribution in [3.8, 4) is 5.75 Å². The van der Waals surface area contributed by atoms with Crippen molar-refractivity contribution in [2.75, 3.05) is 44.0 Å². The lowest BCUT2D eigenvalue weighted by molar-refractivity contribution is 0.0650. The second-order valence-electron chi connectivity index (χ2n) is 6.04. The van der Waals surface area contributed by atoms with Gasteiger partial charge in [0.25, 0.3) is 0 Å². The molecule has 2 aromatic rings. The summed E-state index contributed by atoms with van der Waals surface area (Å²) in [5.74, 6) is -2.33. The van der Waals surface area contributed by atoms with E-state index in [0.29, 0.717) is 13.2 Å². The van der Waals surface area contributed by atoms with Crippen LogP contribution in [0.25, 0.3) is 0 Å². The van der Waals surface area contributed by atoms with Crippen molar-refractivity contribution >= 4 is 35.9 Å². The highest BCUT2D eigenvalue weighted by molar-refractivity contribution is 7.80. The van der Waals surface area contributed by atoms with Crippen molar-refractivity contribution in [2.45, 2.75) is 11.3 Å². The number of benzene rings is 2. The molecule has 0 unspecified atom stereocenters. The van der Waals surface area contributed by atoms with Crippen LogP contribution in [0.2, 0.25) is 0 Å². The van der Waals surface area contributed by atoms with Crippen LogP contribution in [0.5, 0.6) is 5.75 Å². The predicted molar refractivity (Wildman–Crippen MR) is 113 cm³/mol. The molecule has 4 N–H and O–H groups in total. The van der Waals surface area contributed by atoms with Gasteiger partial charge in [-0.25, -0.2) is 9.59 Å². The van der Waals surface area contributed by atoms with Gasteiger partial charge in [-0.15, -0.1) is 12.6 Å². The van der Waals surface area contributed by atoms with E-state index in [-0.39, 0.29) is 23.5 Å². The van der Waals surface area contributed by atoms with Crippen LogP contribution < -0.4 is 15.4 Å². The van der Waals surface area contributed by atoms with E-state index in [0.717, 1.165) is 29.2 Å². The highest BCUT2D eigenvalue weighted by Crippen LogP contribution is 2.23. The summed E-state index contributed by atoms with van der Waals surface area (Å²) < 4.78 is 10.9. The Balaban J connectivity index is 1.65. The van der Waals surface area contributed by atoms with Crippen LogP contribution >= 0.6 is 12.6 Å². The zero-order valence-electron chi connectivity index (χ0n) is 16.0. The molecule has 0 fully saturated rings. The molecule has 0 amide bonds. The van der Waals surface area contributed by atoms with Gasteiger partial charge in [0.1, 0.15) is 12.4 Å². The number of hydrogen-bond donors (Lipinski definition) is 5. The van der Waals surface area contributed by atoms with E-state index < -0.39 is 11.9 Å². The van der Waals surface area contributed by atoms with Crippen LogP contribution in [0.3, 0.4) is 0 Å². The Morgan fingerprint density at radius 1 is 1.00 bits per heavy atom. The molecule has 2 rings (SSSR count). The number of hydrogen-bond acceptors (Lipinski definition) is 7. The number of rotatable bonds is 12. The van der Waals surface area contributed by atoms with Gasteiger partial charge in [0.15, 0.2) is 0 Å². The molecule has 0 heterocycles. The molecule has 0 aliphatic carbocycles. The van der Waals surface area contributed by atoms with E-state index in [1.165, 1.54) is 18.2 Å². The third-order valence-corrected chi connectivity index (χ3v) is 4.38. The summed E-state index contributed by atoms with van der Waals surface area (Å²) in [6, 6.07) is 9.72. The van der Waals surface area contributed by atoms with Crippen LogP contribution in [-0.2, 0) is 4.74 Å². The van der Waals surface area contributed by atoms with Crippen LogP contribution in [0.1, 0.15) is 27.1 Å². The number of ether oxygens (including phenoxy) is 2. The molecular formula is C20H24N2O6S. The minimum Gasteiger partial charge on any atom is -0.491 e. The number of carboxylic acids is 2. The Bertz CT molecular complexity index is 859. The third-order valence-electron chi connectivity index (χ3n) is 4.01. The average molecular weight is 420 g/mol. The summed E-state index contributed by atoms with van der Waals surface area (Å²) in [4.78, 5) is 23.0. The normalized spacial score (nSPS) is 10.4. The van der Waals surface area contributed by atoms with Crippen molar-refractivity contribution in [1.82, 2.24) is 0 Å². The van der Waals surface area contributed by atoms with Crippen LogP contribution in [0.4, 0.5) is 11.4 Å². The standard InChI is InChI=1S/C20H24N2O6S/c1-21-17-6-3-13(11-18(17)29)22-7-2-8-27-9-10-28-14-4-5-15(19(23)24)16(12-14)20(25)26/h3-6,11-12,21-22,29H,2,7-10H2,1H3,(H,23,24)(H,25,26). The fraction of sp³-hybridized carbons (Fsp3) is 0.300. The fourth-order valence-electron chi connectivity index (χ4n) is 2.56. The van der Waals surface area contributed by atoms with Crippen molar-refractivity contribution in [1.29, 1.82) is 0 Å². The van der Waals surface area contributed by atoms with Crippen molar-refractivity contribution < 1.29 is 29.3 Å². The first-order chi connectivity index (χ1) is 13.9. The van der Waals surface area contributed by atoms with Gasteiger partial charge >= 0.3 is 11.9 Å². The summed E-state index contributed by atoms with van der Waals surface area (Å²) in [6.07, 6.45) is 0.798. The van der Waals surface area contributed by atoms with Crippen LogP contribution in [0.15, 0.2) is 41.3 Å². The first-order valence-corrected chi connectivity index (χ1v) is 9.43. The SMILES string of the molecule is CNc1ccc(NCCCOCCOc2ccc(C(=O)O)c(C(=O)O)c2)cc1S. The van der Waals surface area contributed by atoms with Gasteiger partial charge in [-0.3, -0.25) is 0 Å². The van der Waals surface area contributed by atoms with E-state index >= 15 is 0 Å². The molecule has 9 heteroatoms. The Kier molecular flexibility index (Phi) is 8.63. The summed E-state index contributed by atoms with van der Waals surface area (Å²) in [6.45, 7) is 1.84. The minimum atomic E-state index is -1.32. The monoisotopic (exact) mass is 420 g/mol. The molecule has 2 aromatic carbocycles. The molecule has 0 saturated heterocycles. The quantitative estimate of drug-likeness (QED) is 0.262. The molecule has 0 bridgehead atoms. The first-order valence-electron chi connectivity index (χ1n) is 8.98. The van der Waals surface area contributed by atoms with Gasteiger partial charge < -0.3 is 30.3 Å². The molecule has 156 valence electrons. The molecule has 0 aliphatic rings. The van der Waals surface area contributed by atoms with Gasteiger partial charge in [-0.1, -0.05) is 0 Å². The topological polar surface area (TPSA) is 117 Å². The largest absolute Gasteiger partial charge is 0.491 e. The van der Waals surface area contributed by atoms with Crippen molar-refractivity contribution in [3.63, 3.8) is 0 Å². The summed E-state index contributed by atoms with van der Waals surface area (Å²) in [5, 5.41) is 24.4. The molecule has 0 atom stereocenters. The molecule has 0 saturated carbocycles. The van der Waals surface area contributed by atoms with Crippen molar-refractivity contribution in [2.24, 2.45) is 0 Å². The molecule has 29 heavy (non-hydrogen) atoms. The Labute approximate surface area is 174 Å². The number of carboxylic acid groups (broad SMARTS) is 2. The maximum absolute atomic E-state index is 11.2. The van der Waals surface area contributed by atoms with Gasteiger partial charge in [0.05, 0.1) is 17.7 Å². The highest BCUT2D eigenvalue weighted by Gasteiger charge is 2.16. The Morgan fingerprint density at radius 3 is 2.41 bits per heavy atom. The maximum Gasteiger partial charge on any atom is 0.336 e. The Morgan fingerprint density at radius 2 is 1.76 bits per heavy atom.